The summed E-state index contributed by atoms with van der Waals surface area (Å²) in [5.41, 5.74) is 1.34. The molecule has 0 radical (unpaired) electrons. The number of nitrogens with zero attached hydrogens (tertiary/aromatic N) is 1. The van der Waals surface area contributed by atoms with Gasteiger partial charge in [-0.3, -0.25) is 4.79 Å². The summed E-state index contributed by atoms with van der Waals surface area (Å²) in [6, 6.07) is 9.97. The van der Waals surface area contributed by atoms with Crippen molar-refractivity contribution >= 4 is 23.5 Å². The maximum Gasteiger partial charge on any atom is 0.251 e. The molecule has 1 aromatic carbocycles. The van der Waals surface area contributed by atoms with Crippen LogP contribution < -0.4 is 5.56 Å². The molecule has 3 nitrogen and oxygen atoms in total. The molecule has 1 aromatic heterocycles. The number of aromatic nitrogens is 2. The fourth-order valence-electron chi connectivity index (χ4n) is 1.94. The van der Waals surface area contributed by atoms with Crippen LogP contribution in [0.15, 0.2) is 51.4 Å². The van der Waals surface area contributed by atoms with Crippen LogP contribution in [0.2, 0.25) is 0 Å². The van der Waals surface area contributed by atoms with Gasteiger partial charge in [0.25, 0.3) is 5.56 Å². The van der Waals surface area contributed by atoms with Gasteiger partial charge in [0, 0.05) is 28.2 Å². The normalized spacial score (nSPS) is 17.7. The Morgan fingerprint density at radius 1 is 1.39 bits per heavy atom. The van der Waals surface area contributed by atoms with Gasteiger partial charge in [-0.05, 0) is 18.1 Å². The number of hydrogen-bond donors (Lipinski definition) is 1. The fraction of sp³-hybridized carbons (Fsp3) is 0.231. The lowest BCUT2D eigenvalue weighted by atomic mass is 10.1. The molecule has 0 bridgehead atoms. The molecule has 0 saturated heterocycles. The standard InChI is InChI=1S/C13H12N2OS2/c16-12-5-6-14-13(15-12)17-8-10-7-9-3-1-2-4-11(9)18-10/h1-6,10H,7-8H2,(H,14,15,16). The highest BCUT2D eigenvalue weighted by atomic mass is 32.2. The van der Waals surface area contributed by atoms with Gasteiger partial charge in [-0.25, -0.2) is 4.98 Å². The summed E-state index contributed by atoms with van der Waals surface area (Å²) in [6.45, 7) is 0. The summed E-state index contributed by atoms with van der Waals surface area (Å²) in [5, 5.41) is 1.27. The Labute approximate surface area is 113 Å². The van der Waals surface area contributed by atoms with E-state index in [-0.39, 0.29) is 5.56 Å². The van der Waals surface area contributed by atoms with Crippen molar-refractivity contribution in [3.05, 3.63) is 52.4 Å². The first kappa shape index (κ1) is 11.9. The molecule has 2 heterocycles. The predicted octanol–water partition coefficient (Wildman–Crippen LogP) is 2.58. The molecular formula is C13H12N2OS2. The number of aromatic amines is 1. The van der Waals surface area contributed by atoms with Gasteiger partial charge in [0.1, 0.15) is 0 Å². The van der Waals surface area contributed by atoms with Gasteiger partial charge in [0.2, 0.25) is 0 Å². The zero-order valence-electron chi connectivity index (χ0n) is 9.63. The molecule has 5 heteroatoms. The maximum atomic E-state index is 11.2. The van der Waals surface area contributed by atoms with E-state index in [0.717, 1.165) is 12.2 Å². The van der Waals surface area contributed by atoms with Crippen LogP contribution in [0.4, 0.5) is 0 Å². The van der Waals surface area contributed by atoms with E-state index in [2.05, 4.69) is 34.2 Å². The molecule has 2 aromatic rings. The van der Waals surface area contributed by atoms with Crippen molar-refractivity contribution in [2.24, 2.45) is 0 Å². The third-order valence-electron chi connectivity index (χ3n) is 2.77. The SMILES string of the molecule is O=c1ccnc(SCC2Cc3ccccc3S2)[nH]1. The van der Waals surface area contributed by atoms with Gasteiger partial charge in [0.15, 0.2) is 5.16 Å². The summed E-state index contributed by atoms with van der Waals surface area (Å²) in [7, 11) is 0. The molecule has 0 amide bonds. The molecule has 1 atom stereocenters. The molecule has 1 aliphatic heterocycles. The number of thioether (sulfide) groups is 2. The average molecular weight is 276 g/mol. The lowest BCUT2D eigenvalue weighted by Gasteiger charge is -2.06. The Morgan fingerprint density at radius 2 is 2.28 bits per heavy atom. The summed E-state index contributed by atoms with van der Waals surface area (Å²) in [5.74, 6) is 0.965. The van der Waals surface area contributed by atoms with E-state index in [1.54, 1.807) is 18.0 Å². The molecular weight excluding hydrogens is 264 g/mol. The molecule has 0 saturated carbocycles. The zero-order valence-corrected chi connectivity index (χ0v) is 11.3. The number of rotatable bonds is 3. The first-order chi connectivity index (χ1) is 8.81. The molecule has 1 aliphatic rings. The number of benzene rings is 1. The van der Waals surface area contributed by atoms with Crippen molar-refractivity contribution in [1.82, 2.24) is 9.97 Å². The fourth-order valence-corrected chi connectivity index (χ4v) is 4.27. The van der Waals surface area contributed by atoms with E-state index in [1.165, 1.54) is 16.5 Å². The van der Waals surface area contributed by atoms with Crippen LogP contribution in [0, 0.1) is 0 Å². The molecule has 3 rings (SSSR count). The average Bonchev–Trinajstić information content (AvgIpc) is 2.79. The molecule has 0 aliphatic carbocycles. The second-order valence-electron chi connectivity index (χ2n) is 4.10. The minimum atomic E-state index is -0.0881. The summed E-state index contributed by atoms with van der Waals surface area (Å²) in [6.07, 6.45) is 2.66. The van der Waals surface area contributed by atoms with Gasteiger partial charge in [-0.1, -0.05) is 30.0 Å². The van der Waals surface area contributed by atoms with Gasteiger partial charge < -0.3 is 4.98 Å². The van der Waals surface area contributed by atoms with E-state index < -0.39 is 0 Å². The third-order valence-corrected chi connectivity index (χ3v) is 5.35. The van der Waals surface area contributed by atoms with Crippen LogP contribution in [-0.4, -0.2) is 21.0 Å². The number of fused-ring (bicyclic) bond motifs is 1. The zero-order chi connectivity index (χ0) is 12.4. The van der Waals surface area contributed by atoms with Gasteiger partial charge in [-0.2, -0.15) is 0 Å². The highest BCUT2D eigenvalue weighted by molar-refractivity contribution is 8.03. The number of hydrogen-bond acceptors (Lipinski definition) is 4. The van der Waals surface area contributed by atoms with E-state index >= 15 is 0 Å². The minimum Gasteiger partial charge on any atom is -0.301 e. The number of nitrogens with one attached hydrogen (secondary N) is 1. The van der Waals surface area contributed by atoms with Gasteiger partial charge in [-0.15, -0.1) is 11.8 Å². The van der Waals surface area contributed by atoms with Crippen molar-refractivity contribution in [2.45, 2.75) is 21.7 Å². The Kier molecular flexibility index (Phi) is 3.43. The molecule has 18 heavy (non-hydrogen) atoms. The first-order valence-corrected chi connectivity index (χ1v) is 7.60. The molecule has 1 unspecified atom stereocenters. The largest absolute Gasteiger partial charge is 0.301 e. The number of H-pyrrole nitrogens is 1. The van der Waals surface area contributed by atoms with Crippen molar-refractivity contribution in [2.75, 3.05) is 5.75 Å². The van der Waals surface area contributed by atoms with E-state index in [9.17, 15) is 4.79 Å². The molecule has 92 valence electrons. The van der Waals surface area contributed by atoms with E-state index in [1.807, 2.05) is 11.8 Å². The predicted molar refractivity (Wildman–Crippen MR) is 75.4 cm³/mol. The van der Waals surface area contributed by atoms with Crippen molar-refractivity contribution in [1.29, 1.82) is 0 Å². The summed E-state index contributed by atoms with van der Waals surface area (Å²) in [4.78, 5) is 19.4. The quantitative estimate of drug-likeness (QED) is 0.691. The maximum absolute atomic E-state index is 11.2. The van der Waals surface area contributed by atoms with Crippen LogP contribution in [0.5, 0.6) is 0 Å². The Balaban J connectivity index is 1.62. The monoisotopic (exact) mass is 276 g/mol. The highest BCUT2D eigenvalue weighted by Crippen LogP contribution is 2.38. The van der Waals surface area contributed by atoms with Crippen LogP contribution in [0.25, 0.3) is 0 Å². The lowest BCUT2D eigenvalue weighted by Crippen LogP contribution is -2.08. The van der Waals surface area contributed by atoms with E-state index in [0.29, 0.717) is 10.4 Å². The van der Waals surface area contributed by atoms with Crippen molar-refractivity contribution < 1.29 is 0 Å². The molecule has 1 N–H and O–H groups in total. The summed E-state index contributed by atoms with van der Waals surface area (Å²) >= 11 is 3.53. The molecule has 0 fully saturated rings. The van der Waals surface area contributed by atoms with Gasteiger partial charge in [0.05, 0.1) is 0 Å². The van der Waals surface area contributed by atoms with Crippen LogP contribution in [-0.2, 0) is 6.42 Å². The van der Waals surface area contributed by atoms with E-state index in [4.69, 9.17) is 0 Å². The van der Waals surface area contributed by atoms with Crippen LogP contribution >= 0.6 is 23.5 Å². The first-order valence-electron chi connectivity index (χ1n) is 5.74. The Hall–Kier alpha value is -1.20. The third kappa shape index (κ3) is 2.62. The van der Waals surface area contributed by atoms with Crippen LogP contribution in [0.3, 0.4) is 0 Å². The van der Waals surface area contributed by atoms with Crippen molar-refractivity contribution in [3.8, 4) is 0 Å². The topological polar surface area (TPSA) is 45.8 Å². The lowest BCUT2D eigenvalue weighted by molar-refractivity contribution is 0.923. The second kappa shape index (κ2) is 5.20. The molecule has 0 spiro atoms. The van der Waals surface area contributed by atoms with Gasteiger partial charge >= 0.3 is 0 Å². The van der Waals surface area contributed by atoms with Crippen molar-refractivity contribution in [3.63, 3.8) is 0 Å². The Morgan fingerprint density at radius 3 is 3.11 bits per heavy atom. The summed E-state index contributed by atoms with van der Waals surface area (Å²) < 4.78 is 0. The second-order valence-corrected chi connectivity index (χ2v) is 6.45. The Bertz CT molecular complexity index is 587. The highest BCUT2D eigenvalue weighted by Gasteiger charge is 2.21. The smallest absolute Gasteiger partial charge is 0.251 e. The minimum absolute atomic E-state index is 0.0881. The van der Waals surface area contributed by atoms with Crippen LogP contribution in [0.1, 0.15) is 5.56 Å².